The van der Waals surface area contributed by atoms with Crippen LogP contribution >= 0.6 is 11.8 Å². The second-order valence-electron chi connectivity index (χ2n) is 5.97. The van der Waals surface area contributed by atoms with Crippen molar-refractivity contribution in [3.05, 3.63) is 70.8 Å². The smallest absolute Gasteiger partial charge is 0.286 e. The molecular formula is C19H17F3N2OS. The molecule has 1 heterocycles. The Balaban J connectivity index is 1.68. The zero-order chi connectivity index (χ0) is 18.7. The van der Waals surface area contributed by atoms with Crippen LogP contribution in [0.25, 0.3) is 0 Å². The van der Waals surface area contributed by atoms with Gasteiger partial charge in [-0.2, -0.15) is 13.2 Å². The van der Waals surface area contributed by atoms with E-state index in [2.05, 4.69) is 11.1 Å². The minimum Gasteiger partial charge on any atom is -0.286 e. The molecule has 0 N–H and O–H groups in total. The van der Waals surface area contributed by atoms with E-state index in [4.69, 9.17) is 0 Å². The van der Waals surface area contributed by atoms with Gasteiger partial charge in [0.05, 0.1) is 12.1 Å². The fourth-order valence-corrected chi connectivity index (χ4v) is 3.63. The molecule has 0 bridgehead atoms. The van der Waals surface area contributed by atoms with Crippen molar-refractivity contribution in [2.24, 2.45) is 4.99 Å². The zero-order valence-corrected chi connectivity index (χ0v) is 14.9. The number of alkyl halides is 3. The molecule has 136 valence electrons. The minimum atomic E-state index is -4.41. The summed E-state index contributed by atoms with van der Waals surface area (Å²) in [6.45, 7) is 2.96. The molecule has 0 saturated carbocycles. The fraction of sp³-hybridized carbons (Fsp3) is 0.263. The van der Waals surface area contributed by atoms with Crippen molar-refractivity contribution in [3.8, 4) is 0 Å². The Bertz CT molecular complexity index is 831. The van der Waals surface area contributed by atoms with E-state index >= 15 is 0 Å². The number of carbonyl (C=O) groups excluding carboxylic acids is 1. The number of amidine groups is 1. The number of carbonyl (C=O) groups is 1. The summed E-state index contributed by atoms with van der Waals surface area (Å²) < 4.78 is 38.0. The van der Waals surface area contributed by atoms with Gasteiger partial charge in [-0.25, -0.2) is 0 Å². The number of amides is 1. The standard InChI is InChI=1S/C19H17F3N2OS/c1-13-3-2-4-14(11-13)12-26-18-23-9-10-24(18)17(25)15-5-7-16(8-6-15)19(20,21)22/h2-8,11H,9-10,12H2,1H3. The first-order valence-electron chi connectivity index (χ1n) is 8.06. The second kappa shape index (κ2) is 7.53. The third kappa shape index (κ3) is 4.27. The highest BCUT2D eigenvalue weighted by atomic mass is 32.2. The van der Waals surface area contributed by atoms with Crippen LogP contribution in [0, 0.1) is 6.92 Å². The topological polar surface area (TPSA) is 32.7 Å². The molecular weight excluding hydrogens is 361 g/mol. The van der Waals surface area contributed by atoms with Crippen molar-refractivity contribution in [2.75, 3.05) is 13.1 Å². The molecule has 7 heteroatoms. The van der Waals surface area contributed by atoms with Gasteiger partial charge in [-0.05, 0) is 36.8 Å². The van der Waals surface area contributed by atoms with E-state index < -0.39 is 11.7 Å². The van der Waals surface area contributed by atoms with Gasteiger partial charge in [-0.3, -0.25) is 14.7 Å². The number of halogens is 3. The maximum absolute atomic E-state index is 12.7. The summed E-state index contributed by atoms with van der Waals surface area (Å²) in [7, 11) is 0. The molecule has 2 aromatic rings. The molecule has 0 radical (unpaired) electrons. The number of nitrogens with zero attached hydrogens (tertiary/aromatic N) is 2. The summed E-state index contributed by atoms with van der Waals surface area (Å²) in [6.07, 6.45) is -4.41. The Labute approximate surface area is 153 Å². The van der Waals surface area contributed by atoms with Gasteiger partial charge in [0, 0.05) is 17.9 Å². The molecule has 3 rings (SSSR count). The summed E-state index contributed by atoms with van der Waals surface area (Å²) in [6, 6.07) is 12.4. The lowest BCUT2D eigenvalue weighted by atomic mass is 10.1. The lowest BCUT2D eigenvalue weighted by molar-refractivity contribution is -0.137. The molecule has 0 aromatic heterocycles. The molecule has 1 aliphatic heterocycles. The number of thioether (sulfide) groups is 1. The van der Waals surface area contributed by atoms with Gasteiger partial charge in [-0.15, -0.1) is 0 Å². The number of hydrogen-bond donors (Lipinski definition) is 0. The Morgan fingerprint density at radius 3 is 2.58 bits per heavy atom. The summed E-state index contributed by atoms with van der Waals surface area (Å²) in [5.74, 6) is 0.351. The maximum Gasteiger partial charge on any atom is 0.416 e. The molecule has 1 amide bonds. The Morgan fingerprint density at radius 2 is 1.92 bits per heavy atom. The SMILES string of the molecule is Cc1cccc(CSC2=NCCN2C(=O)c2ccc(C(F)(F)F)cc2)c1. The number of aliphatic imine (C=N–C) groups is 1. The first kappa shape index (κ1) is 18.5. The molecule has 0 fully saturated rings. The van der Waals surface area contributed by atoms with E-state index in [1.54, 1.807) is 0 Å². The van der Waals surface area contributed by atoms with E-state index in [0.717, 1.165) is 23.3 Å². The fourth-order valence-electron chi connectivity index (χ4n) is 2.65. The Morgan fingerprint density at radius 1 is 1.19 bits per heavy atom. The maximum atomic E-state index is 12.7. The van der Waals surface area contributed by atoms with E-state index in [9.17, 15) is 18.0 Å². The van der Waals surface area contributed by atoms with Gasteiger partial charge in [0.2, 0.25) is 0 Å². The predicted molar refractivity (Wildman–Crippen MR) is 97.3 cm³/mol. The van der Waals surface area contributed by atoms with Gasteiger partial charge in [0.1, 0.15) is 0 Å². The van der Waals surface area contributed by atoms with Crippen molar-refractivity contribution < 1.29 is 18.0 Å². The molecule has 0 aliphatic carbocycles. The van der Waals surface area contributed by atoms with Crippen LogP contribution in [0.4, 0.5) is 13.2 Å². The normalized spacial score (nSPS) is 14.5. The molecule has 0 saturated heterocycles. The molecule has 0 unspecified atom stereocenters. The van der Waals surface area contributed by atoms with Crippen molar-refractivity contribution in [1.29, 1.82) is 0 Å². The summed E-state index contributed by atoms with van der Waals surface area (Å²) in [4.78, 5) is 18.5. The summed E-state index contributed by atoms with van der Waals surface area (Å²) >= 11 is 1.46. The van der Waals surface area contributed by atoms with Crippen LogP contribution in [0.15, 0.2) is 53.5 Å². The Hall–Kier alpha value is -2.28. The van der Waals surface area contributed by atoms with E-state index in [0.29, 0.717) is 24.0 Å². The van der Waals surface area contributed by atoms with Crippen LogP contribution in [0.1, 0.15) is 27.0 Å². The number of hydrogen-bond acceptors (Lipinski definition) is 3. The Kier molecular flexibility index (Phi) is 5.36. The highest BCUT2D eigenvalue weighted by molar-refractivity contribution is 8.13. The van der Waals surface area contributed by atoms with Gasteiger partial charge in [0.15, 0.2) is 5.17 Å². The van der Waals surface area contributed by atoms with Crippen LogP contribution in [0.3, 0.4) is 0 Å². The minimum absolute atomic E-state index is 0.226. The summed E-state index contributed by atoms with van der Waals surface area (Å²) in [5.41, 5.74) is 1.75. The molecule has 26 heavy (non-hydrogen) atoms. The monoisotopic (exact) mass is 378 g/mol. The molecule has 1 aliphatic rings. The molecule has 2 aromatic carbocycles. The van der Waals surface area contributed by atoms with E-state index in [1.807, 2.05) is 25.1 Å². The van der Waals surface area contributed by atoms with Crippen molar-refractivity contribution in [2.45, 2.75) is 18.9 Å². The highest BCUT2D eigenvalue weighted by Gasteiger charge is 2.31. The molecule has 3 nitrogen and oxygen atoms in total. The van der Waals surface area contributed by atoms with Gasteiger partial charge in [-0.1, -0.05) is 41.6 Å². The van der Waals surface area contributed by atoms with Crippen LogP contribution in [0.2, 0.25) is 0 Å². The van der Waals surface area contributed by atoms with Gasteiger partial charge >= 0.3 is 6.18 Å². The lowest BCUT2D eigenvalue weighted by Crippen LogP contribution is -2.32. The van der Waals surface area contributed by atoms with Crippen molar-refractivity contribution >= 4 is 22.8 Å². The quantitative estimate of drug-likeness (QED) is 0.772. The third-order valence-corrected chi connectivity index (χ3v) is 5.04. The van der Waals surface area contributed by atoms with Crippen LogP contribution in [-0.2, 0) is 11.9 Å². The molecule has 0 atom stereocenters. The summed E-state index contributed by atoms with van der Waals surface area (Å²) in [5, 5.41) is 0.608. The predicted octanol–water partition coefficient (Wildman–Crippen LogP) is 4.76. The van der Waals surface area contributed by atoms with Crippen LogP contribution < -0.4 is 0 Å². The van der Waals surface area contributed by atoms with Crippen molar-refractivity contribution in [3.63, 3.8) is 0 Å². The zero-order valence-electron chi connectivity index (χ0n) is 14.1. The van der Waals surface area contributed by atoms with Crippen molar-refractivity contribution in [1.82, 2.24) is 4.90 Å². The van der Waals surface area contributed by atoms with E-state index in [-0.39, 0.29) is 11.5 Å². The van der Waals surface area contributed by atoms with Gasteiger partial charge < -0.3 is 0 Å². The average molecular weight is 378 g/mol. The lowest BCUT2D eigenvalue weighted by Gasteiger charge is -2.18. The van der Waals surface area contributed by atoms with Gasteiger partial charge in [0.25, 0.3) is 5.91 Å². The first-order chi connectivity index (χ1) is 12.3. The largest absolute Gasteiger partial charge is 0.416 e. The molecule has 0 spiro atoms. The second-order valence-corrected chi connectivity index (χ2v) is 6.92. The van der Waals surface area contributed by atoms with Crippen LogP contribution in [-0.4, -0.2) is 29.1 Å². The first-order valence-corrected chi connectivity index (χ1v) is 9.05. The average Bonchev–Trinajstić information content (AvgIpc) is 3.07. The number of rotatable bonds is 3. The van der Waals surface area contributed by atoms with Crippen LogP contribution in [0.5, 0.6) is 0 Å². The highest BCUT2D eigenvalue weighted by Crippen LogP contribution is 2.29. The van der Waals surface area contributed by atoms with E-state index in [1.165, 1.54) is 28.8 Å². The third-order valence-electron chi connectivity index (χ3n) is 3.96. The number of aryl methyl sites for hydroxylation is 1. The number of benzene rings is 2.